The van der Waals surface area contributed by atoms with Crippen LogP contribution >= 0.6 is 11.6 Å². The van der Waals surface area contributed by atoms with E-state index in [0.29, 0.717) is 18.1 Å². The second-order valence-corrected chi connectivity index (χ2v) is 7.40. The van der Waals surface area contributed by atoms with Crippen molar-refractivity contribution in [2.75, 3.05) is 13.2 Å². The summed E-state index contributed by atoms with van der Waals surface area (Å²) in [7, 11) is 0. The standard InChI is InChI=1S/C22H25ClN2O3/c1-16(26)25(15-17-9-11-19(23)12-10-17)21(18-6-3-2-4-7-18)22(27)24-14-20-8-5-13-28-20/h2-4,6-7,9-12,20-21H,5,8,13-15H2,1H3,(H,24,27)/t20-,21+/m0/s1. The normalized spacial score (nSPS) is 17.1. The van der Waals surface area contributed by atoms with Gasteiger partial charge in [-0.3, -0.25) is 9.59 Å². The summed E-state index contributed by atoms with van der Waals surface area (Å²) >= 11 is 5.97. The van der Waals surface area contributed by atoms with Gasteiger partial charge in [-0.1, -0.05) is 54.1 Å². The van der Waals surface area contributed by atoms with Gasteiger partial charge in [0.2, 0.25) is 11.8 Å². The van der Waals surface area contributed by atoms with Gasteiger partial charge in [-0.2, -0.15) is 0 Å². The van der Waals surface area contributed by atoms with Gasteiger partial charge in [-0.25, -0.2) is 0 Å². The lowest BCUT2D eigenvalue weighted by Gasteiger charge is -2.31. The Morgan fingerprint density at radius 1 is 1.18 bits per heavy atom. The largest absolute Gasteiger partial charge is 0.376 e. The van der Waals surface area contributed by atoms with E-state index in [1.807, 2.05) is 42.5 Å². The molecule has 0 bridgehead atoms. The van der Waals surface area contributed by atoms with Crippen molar-refractivity contribution in [3.8, 4) is 0 Å². The second kappa shape index (κ2) is 9.71. The molecule has 1 saturated heterocycles. The fraction of sp³-hybridized carbons (Fsp3) is 0.364. The first-order valence-electron chi connectivity index (χ1n) is 9.50. The molecule has 2 aromatic rings. The fourth-order valence-corrected chi connectivity index (χ4v) is 3.52. The average molecular weight is 401 g/mol. The number of ether oxygens (including phenoxy) is 1. The SMILES string of the molecule is CC(=O)N(Cc1ccc(Cl)cc1)[C@@H](C(=O)NC[C@@H]1CCCO1)c1ccccc1. The first-order valence-corrected chi connectivity index (χ1v) is 9.88. The summed E-state index contributed by atoms with van der Waals surface area (Å²) in [5.74, 6) is -0.373. The van der Waals surface area contributed by atoms with E-state index in [-0.39, 0.29) is 17.9 Å². The summed E-state index contributed by atoms with van der Waals surface area (Å²) in [6, 6.07) is 16.0. The molecule has 1 heterocycles. The minimum absolute atomic E-state index is 0.0439. The topological polar surface area (TPSA) is 58.6 Å². The van der Waals surface area contributed by atoms with E-state index in [0.717, 1.165) is 30.6 Å². The first kappa shape index (κ1) is 20.4. The summed E-state index contributed by atoms with van der Waals surface area (Å²) in [6.07, 6.45) is 2.00. The minimum Gasteiger partial charge on any atom is -0.376 e. The van der Waals surface area contributed by atoms with E-state index in [1.165, 1.54) is 6.92 Å². The van der Waals surface area contributed by atoms with Crippen LogP contribution in [0.3, 0.4) is 0 Å². The molecule has 28 heavy (non-hydrogen) atoms. The number of rotatable bonds is 7. The Balaban J connectivity index is 1.82. The zero-order valence-corrected chi connectivity index (χ0v) is 16.7. The quantitative estimate of drug-likeness (QED) is 0.770. The van der Waals surface area contributed by atoms with Gasteiger partial charge in [-0.15, -0.1) is 0 Å². The third kappa shape index (κ3) is 5.33. The number of hydrogen-bond donors (Lipinski definition) is 1. The Morgan fingerprint density at radius 3 is 2.50 bits per heavy atom. The van der Waals surface area contributed by atoms with Crippen molar-refractivity contribution in [1.29, 1.82) is 0 Å². The van der Waals surface area contributed by atoms with E-state index >= 15 is 0 Å². The zero-order valence-electron chi connectivity index (χ0n) is 15.9. The van der Waals surface area contributed by atoms with Gasteiger partial charge in [0.1, 0.15) is 6.04 Å². The summed E-state index contributed by atoms with van der Waals surface area (Å²) in [6.45, 7) is 2.99. The number of hydrogen-bond acceptors (Lipinski definition) is 3. The van der Waals surface area contributed by atoms with E-state index in [4.69, 9.17) is 16.3 Å². The molecule has 2 aromatic carbocycles. The summed E-state index contributed by atoms with van der Waals surface area (Å²) in [5.41, 5.74) is 1.68. The van der Waals surface area contributed by atoms with Crippen LogP contribution in [-0.4, -0.2) is 36.0 Å². The maximum atomic E-state index is 13.1. The molecular weight excluding hydrogens is 376 g/mol. The van der Waals surface area contributed by atoms with Crippen molar-refractivity contribution >= 4 is 23.4 Å². The van der Waals surface area contributed by atoms with Crippen LogP contribution in [0.25, 0.3) is 0 Å². The molecule has 5 nitrogen and oxygen atoms in total. The lowest BCUT2D eigenvalue weighted by Crippen LogP contribution is -2.44. The Morgan fingerprint density at radius 2 is 1.89 bits per heavy atom. The molecule has 0 radical (unpaired) electrons. The van der Waals surface area contributed by atoms with Gasteiger partial charge in [0.05, 0.1) is 6.10 Å². The Bertz CT molecular complexity index is 789. The highest BCUT2D eigenvalue weighted by atomic mass is 35.5. The van der Waals surface area contributed by atoms with Crippen LogP contribution in [0.5, 0.6) is 0 Å². The molecule has 0 unspecified atom stereocenters. The van der Waals surface area contributed by atoms with Crippen LogP contribution in [-0.2, 0) is 20.9 Å². The third-order valence-electron chi connectivity index (χ3n) is 4.87. The number of carbonyl (C=O) groups is 2. The van der Waals surface area contributed by atoms with E-state index in [1.54, 1.807) is 17.0 Å². The summed E-state index contributed by atoms with van der Waals surface area (Å²) < 4.78 is 5.60. The van der Waals surface area contributed by atoms with Crippen LogP contribution in [0.1, 0.15) is 36.9 Å². The molecule has 2 atom stereocenters. The Hall–Kier alpha value is -2.37. The van der Waals surface area contributed by atoms with Gasteiger partial charge >= 0.3 is 0 Å². The molecule has 0 spiro atoms. The van der Waals surface area contributed by atoms with Crippen molar-refractivity contribution in [1.82, 2.24) is 10.2 Å². The molecule has 0 saturated carbocycles. The number of nitrogens with one attached hydrogen (secondary N) is 1. The van der Waals surface area contributed by atoms with E-state index in [9.17, 15) is 9.59 Å². The van der Waals surface area contributed by atoms with Gasteiger partial charge in [-0.05, 0) is 36.1 Å². The number of halogens is 1. The van der Waals surface area contributed by atoms with Crippen LogP contribution < -0.4 is 5.32 Å². The molecule has 1 N–H and O–H groups in total. The van der Waals surface area contributed by atoms with Crippen LogP contribution in [0.2, 0.25) is 5.02 Å². The fourth-order valence-electron chi connectivity index (χ4n) is 3.40. The summed E-state index contributed by atoms with van der Waals surface area (Å²) in [4.78, 5) is 27.2. The molecule has 3 rings (SSSR count). The van der Waals surface area contributed by atoms with Crippen molar-refractivity contribution in [2.24, 2.45) is 0 Å². The maximum absolute atomic E-state index is 13.1. The van der Waals surface area contributed by atoms with Crippen molar-refractivity contribution in [2.45, 2.75) is 38.5 Å². The number of amides is 2. The molecule has 0 aromatic heterocycles. The Labute approximate surface area is 170 Å². The van der Waals surface area contributed by atoms with Crippen molar-refractivity contribution in [3.05, 3.63) is 70.7 Å². The first-order chi connectivity index (χ1) is 13.5. The third-order valence-corrected chi connectivity index (χ3v) is 5.13. The lowest BCUT2D eigenvalue weighted by atomic mass is 10.0. The van der Waals surface area contributed by atoms with Crippen molar-refractivity contribution < 1.29 is 14.3 Å². The molecule has 1 aliphatic rings. The minimum atomic E-state index is -0.712. The molecule has 0 aliphatic carbocycles. The van der Waals surface area contributed by atoms with Crippen LogP contribution in [0.4, 0.5) is 0 Å². The van der Waals surface area contributed by atoms with E-state index in [2.05, 4.69) is 5.32 Å². The second-order valence-electron chi connectivity index (χ2n) is 6.97. The van der Waals surface area contributed by atoms with Crippen LogP contribution in [0.15, 0.2) is 54.6 Å². The van der Waals surface area contributed by atoms with Gasteiger partial charge in [0.15, 0.2) is 0 Å². The average Bonchev–Trinajstić information content (AvgIpc) is 3.22. The molecule has 1 aliphatic heterocycles. The Kier molecular flexibility index (Phi) is 7.06. The number of nitrogens with zero attached hydrogens (tertiary/aromatic N) is 1. The zero-order chi connectivity index (χ0) is 19.9. The highest BCUT2D eigenvalue weighted by Crippen LogP contribution is 2.24. The highest BCUT2D eigenvalue weighted by Gasteiger charge is 2.30. The maximum Gasteiger partial charge on any atom is 0.247 e. The van der Waals surface area contributed by atoms with Gasteiger partial charge in [0, 0.05) is 31.6 Å². The predicted octanol–water partition coefficient (Wildman–Crippen LogP) is 3.73. The summed E-state index contributed by atoms with van der Waals surface area (Å²) in [5, 5.41) is 3.61. The smallest absolute Gasteiger partial charge is 0.247 e. The molecule has 1 fully saturated rings. The lowest BCUT2D eigenvalue weighted by molar-refractivity contribution is -0.140. The predicted molar refractivity (Wildman–Crippen MR) is 109 cm³/mol. The number of carbonyl (C=O) groups excluding carboxylic acids is 2. The molecular formula is C22H25ClN2O3. The van der Waals surface area contributed by atoms with Crippen LogP contribution in [0, 0.1) is 0 Å². The van der Waals surface area contributed by atoms with Crippen molar-refractivity contribution in [3.63, 3.8) is 0 Å². The van der Waals surface area contributed by atoms with Gasteiger partial charge in [0.25, 0.3) is 0 Å². The molecule has 6 heteroatoms. The highest BCUT2D eigenvalue weighted by molar-refractivity contribution is 6.30. The number of benzene rings is 2. The van der Waals surface area contributed by atoms with Gasteiger partial charge < -0.3 is 15.0 Å². The van der Waals surface area contributed by atoms with E-state index < -0.39 is 6.04 Å². The molecule has 148 valence electrons. The molecule has 2 amide bonds. The monoisotopic (exact) mass is 400 g/mol.